The lowest BCUT2D eigenvalue weighted by atomic mass is 9.86. The van der Waals surface area contributed by atoms with Crippen molar-refractivity contribution in [2.75, 3.05) is 0 Å². The molecule has 0 aliphatic carbocycles. The van der Waals surface area contributed by atoms with E-state index in [2.05, 4.69) is 11.9 Å². The summed E-state index contributed by atoms with van der Waals surface area (Å²) < 4.78 is 10.7. The first-order chi connectivity index (χ1) is 13.0. The van der Waals surface area contributed by atoms with E-state index in [0.29, 0.717) is 0 Å². The average Bonchev–Trinajstić information content (AvgIpc) is 2.70. The van der Waals surface area contributed by atoms with Gasteiger partial charge < -0.3 is 14.8 Å². The third kappa shape index (κ3) is 5.45. The molecule has 0 bridgehead atoms. The summed E-state index contributed by atoms with van der Waals surface area (Å²) in [6, 6.07) is 18.6. The number of amides is 1. The normalized spacial score (nSPS) is 12.7. The number of nitrogens with one attached hydrogen (secondary N) is 1. The van der Waals surface area contributed by atoms with Crippen LogP contribution in [0.25, 0.3) is 0 Å². The smallest absolute Gasteiger partial charge is 0.408 e. The molecule has 0 spiro atoms. The Bertz CT molecular complexity index is 758. The predicted molar refractivity (Wildman–Crippen MR) is 104 cm³/mol. The number of benzene rings is 2. The second kappa shape index (κ2) is 9.57. The molecule has 5 heteroatoms. The first-order valence-electron chi connectivity index (χ1n) is 8.81. The molecule has 2 rings (SSSR count). The molecule has 1 atom stereocenters. The van der Waals surface area contributed by atoms with Gasteiger partial charge >= 0.3 is 12.1 Å². The summed E-state index contributed by atoms with van der Waals surface area (Å²) in [5.74, 6) is -0.851. The van der Waals surface area contributed by atoms with E-state index in [9.17, 15) is 9.59 Å². The highest BCUT2D eigenvalue weighted by molar-refractivity contribution is 5.88. The van der Waals surface area contributed by atoms with Gasteiger partial charge in [0.2, 0.25) is 0 Å². The van der Waals surface area contributed by atoms with Gasteiger partial charge in [-0.3, -0.25) is 0 Å². The highest BCUT2D eigenvalue weighted by atomic mass is 16.6. The zero-order valence-electron chi connectivity index (χ0n) is 15.7. The van der Waals surface area contributed by atoms with Crippen molar-refractivity contribution in [1.82, 2.24) is 5.32 Å². The lowest BCUT2D eigenvalue weighted by molar-refractivity contribution is -0.152. The largest absolute Gasteiger partial charge is 0.459 e. The van der Waals surface area contributed by atoms with Gasteiger partial charge in [-0.15, -0.1) is 6.58 Å². The lowest BCUT2D eigenvalue weighted by Crippen LogP contribution is -2.57. The summed E-state index contributed by atoms with van der Waals surface area (Å²) >= 11 is 0. The Hall–Kier alpha value is -3.08. The number of alkyl carbamates (subject to hydrolysis) is 1. The molecule has 5 nitrogen and oxygen atoms in total. The maximum atomic E-state index is 12.8. The minimum Gasteiger partial charge on any atom is -0.459 e. The van der Waals surface area contributed by atoms with E-state index < -0.39 is 17.6 Å². The molecule has 0 radical (unpaired) electrons. The van der Waals surface area contributed by atoms with Crippen LogP contribution in [0.15, 0.2) is 73.3 Å². The molecule has 0 saturated heterocycles. The maximum absolute atomic E-state index is 12.8. The summed E-state index contributed by atoms with van der Waals surface area (Å²) in [4.78, 5) is 25.0. The van der Waals surface area contributed by atoms with Gasteiger partial charge in [0.25, 0.3) is 0 Å². The number of hydrogen-bond donors (Lipinski definition) is 1. The number of ether oxygens (including phenoxy) is 2. The third-order valence-corrected chi connectivity index (χ3v) is 4.30. The fourth-order valence-corrected chi connectivity index (χ4v) is 2.57. The second-order valence-corrected chi connectivity index (χ2v) is 6.48. The number of carbonyl (C=O) groups is 2. The number of rotatable bonds is 8. The van der Waals surface area contributed by atoms with Gasteiger partial charge in [0, 0.05) is 0 Å². The van der Waals surface area contributed by atoms with E-state index in [1.807, 2.05) is 74.5 Å². The van der Waals surface area contributed by atoms with Crippen LogP contribution in [0.1, 0.15) is 25.0 Å². The molecule has 2 aromatic carbocycles. The highest BCUT2D eigenvalue weighted by Gasteiger charge is 2.42. The summed E-state index contributed by atoms with van der Waals surface area (Å²) in [5.41, 5.74) is 0.343. The van der Waals surface area contributed by atoms with Crippen LogP contribution in [-0.2, 0) is 27.5 Å². The summed E-state index contributed by atoms with van der Waals surface area (Å²) in [7, 11) is 0. The minimum atomic E-state index is -1.37. The van der Waals surface area contributed by atoms with Gasteiger partial charge in [-0.1, -0.05) is 80.6 Å². The number of esters is 1. The molecule has 142 valence electrons. The predicted octanol–water partition coefficient (Wildman–Crippen LogP) is 4.24. The Morgan fingerprint density at radius 3 is 1.89 bits per heavy atom. The van der Waals surface area contributed by atoms with E-state index in [1.165, 1.54) is 6.08 Å². The Morgan fingerprint density at radius 1 is 0.963 bits per heavy atom. The van der Waals surface area contributed by atoms with Crippen molar-refractivity contribution >= 4 is 12.1 Å². The zero-order chi connectivity index (χ0) is 19.7. The molecule has 2 aromatic rings. The highest BCUT2D eigenvalue weighted by Crippen LogP contribution is 2.22. The molecule has 0 fully saturated rings. The number of hydrogen-bond acceptors (Lipinski definition) is 4. The summed E-state index contributed by atoms with van der Waals surface area (Å²) in [6.45, 7) is 7.57. The molecule has 1 amide bonds. The molecule has 0 unspecified atom stereocenters. The fraction of sp³-hybridized carbons (Fsp3) is 0.273. The van der Waals surface area contributed by atoms with E-state index in [1.54, 1.807) is 0 Å². The molecular weight excluding hydrogens is 342 g/mol. The monoisotopic (exact) mass is 367 g/mol. The number of carbonyl (C=O) groups excluding carboxylic acids is 2. The van der Waals surface area contributed by atoms with Crippen molar-refractivity contribution in [1.29, 1.82) is 0 Å². The van der Waals surface area contributed by atoms with E-state index in [-0.39, 0.29) is 19.1 Å². The first kappa shape index (κ1) is 20.2. The van der Waals surface area contributed by atoms with Gasteiger partial charge in [-0.05, 0) is 17.0 Å². The van der Waals surface area contributed by atoms with Crippen molar-refractivity contribution < 1.29 is 19.1 Å². The van der Waals surface area contributed by atoms with E-state index >= 15 is 0 Å². The van der Waals surface area contributed by atoms with Gasteiger partial charge in [-0.25, -0.2) is 9.59 Å². The van der Waals surface area contributed by atoms with Gasteiger partial charge in [-0.2, -0.15) is 0 Å². The van der Waals surface area contributed by atoms with E-state index in [0.717, 1.165) is 11.1 Å². The fourth-order valence-electron chi connectivity index (χ4n) is 2.57. The van der Waals surface area contributed by atoms with Gasteiger partial charge in [0.15, 0.2) is 5.54 Å². The van der Waals surface area contributed by atoms with Crippen molar-refractivity contribution in [3.63, 3.8) is 0 Å². The molecule has 27 heavy (non-hydrogen) atoms. The Labute approximate surface area is 160 Å². The Kier molecular flexibility index (Phi) is 7.17. The van der Waals surface area contributed by atoms with Crippen LogP contribution in [0.2, 0.25) is 0 Å². The van der Waals surface area contributed by atoms with Crippen LogP contribution in [0.5, 0.6) is 0 Å². The van der Waals surface area contributed by atoms with Crippen LogP contribution in [0, 0.1) is 5.92 Å². The standard InChI is InChI=1S/C22H25NO4/c1-4-22(17(2)3,20(24)26-15-18-11-7-5-8-12-18)23-21(25)27-16-19-13-9-6-10-14-19/h4-14,17H,1,15-16H2,2-3H3,(H,23,25)/t22-/m1/s1. The lowest BCUT2D eigenvalue weighted by Gasteiger charge is -2.32. The molecule has 0 saturated carbocycles. The topological polar surface area (TPSA) is 64.6 Å². The van der Waals surface area contributed by atoms with Gasteiger partial charge in [0.1, 0.15) is 13.2 Å². The van der Waals surface area contributed by atoms with E-state index in [4.69, 9.17) is 9.47 Å². The van der Waals surface area contributed by atoms with Crippen LogP contribution in [-0.4, -0.2) is 17.6 Å². The molecule has 0 aromatic heterocycles. The van der Waals surface area contributed by atoms with Crippen LogP contribution in [0.4, 0.5) is 4.79 Å². The van der Waals surface area contributed by atoms with Crippen LogP contribution < -0.4 is 5.32 Å². The summed E-state index contributed by atoms with van der Waals surface area (Å²) in [5, 5.41) is 2.63. The zero-order valence-corrected chi connectivity index (χ0v) is 15.7. The quantitative estimate of drug-likeness (QED) is 0.560. The summed E-state index contributed by atoms with van der Waals surface area (Å²) in [6.07, 6.45) is 0.693. The maximum Gasteiger partial charge on any atom is 0.408 e. The molecule has 0 aliphatic heterocycles. The average molecular weight is 367 g/mol. The van der Waals surface area contributed by atoms with Crippen LogP contribution >= 0.6 is 0 Å². The van der Waals surface area contributed by atoms with Crippen molar-refractivity contribution in [2.24, 2.45) is 5.92 Å². The molecular formula is C22H25NO4. The SMILES string of the molecule is C=C[C@](NC(=O)OCc1ccccc1)(C(=O)OCc1ccccc1)C(C)C. The van der Waals surface area contributed by atoms with Crippen molar-refractivity contribution in [2.45, 2.75) is 32.6 Å². The minimum absolute atomic E-state index is 0.108. The van der Waals surface area contributed by atoms with Gasteiger partial charge in [0.05, 0.1) is 0 Å². The Morgan fingerprint density at radius 2 is 1.44 bits per heavy atom. The molecule has 0 aliphatic rings. The molecule has 1 N–H and O–H groups in total. The first-order valence-corrected chi connectivity index (χ1v) is 8.81. The van der Waals surface area contributed by atoms with Crippen molar-refractivity contribution in [3.8, 4) is 0 Å². The third-order valence-electron chi connectivity index (χ3n) is 4.30. The Balaban J connectivity index is 2.02. The second-order valence-electron chi connectivity index (χ2n) is 6.48. The molecule has 0 heterocycles. The van der Waals surface area contributed by atoms with Crippen LogP contribution in [0.3, 0.4) is 0 Å². The van der Waals surface area contributed by atoms with Crippen molar-refractivity contribution in [3.05, 3.63) is 84.4 Å².